The Morgan fingerprint density at radius 3 is 2.83 bits per heavy atom. The SMILES string of the molecule is CCS(=O)(=O)N1[C@@H]2CCCO[C@H]21. The van der Waals surface area contributed by atoms with Gasteiger partial charge >= 0.3 is 0 Å². The van der Waals surface area contributed by atoms with Crippen molar-refractivity contribution in [3.05, 3.63) is 0 Å². The van der Waals surface area contributed by atoms with Crippen LogP contribution in [0.4, 0.5) is 0 Å². The third-order valence-corrected chi connectivity index (χ3v) is 4.29. The number of hydrogen-bond donors (Lipinski definition) is 0. The van der Waals surface area contributed by atoms with Gasteiger partial charge in [0.25, 0.3) is 0 Å². The lowest BCUT2D eigenvalue weighted by Gasteiger charge is -2.04. The minimum Gasteiger partial charge on any atom is -0.360 e. The minimum absolute atomic E-state index is 0.122. The number of rotatable bonds is 2. The molecule has 0 aromatic carbocycles. The molecule has 2 fully saturated rings. The van der Waals surface area contributed by atoms with Gasteiger partial charge in [-0.2, -0.15) is 4.31 Å². The zero-order valence-electron chi connectivity index (χ0n) is 7.06. The molecule has 5 heteroatoms. The first kappa shape index (κ1) is 8.47. The average molecular weight is 191 g/mol. The van der Waals surface area contributed by atoms with Crippen molar-refractivity contribution in [2.75, 3.05) is 12.4 Å². The summed E-state index contributed by atoms with van der Waals surface area (Å²) < 4.78 is 29.5. The molecule has 0 aliphatic carbocycles. The summed E-state index contributed by atoms with van der Waals surface area (Å²) in [6.45, 7) is 2.37. The fraction of sp³-hybridized carbons (Fsp3) is 1.00. The van der Waals surface area contributed by atoms with Crippen molar-refractivity contribution in [3.8, 4) is 0 Å². The molecule has 12 heavy (non-hydrogen) atoms. The summed E-state index contributed by atoms with van der Waals surface area (Å²) in [5.74, 6) is 0.184. The van der Waals surface area contributed by atoms with Gasteiger partial charge in [-0.3, -0.25) is 0 Å². The van der Waals surface area contributed by atoms with Crippen LogP contribution in [0.3, 0.4) is 0 Å². The van der Waals surface area contributed by atoms with Crippen LogP contribution < -0.4 is 0 Å². The van der Waals surface area contributed by atoms with Crippen LogP contribution in [0.2, 0.25) is 0 Å². The van der Waals surface area contributed by atoms with E-state index >= 15 is 0 Å². The second kappa shape index (κ2) is 2.68. The van der Waals surface area contributed by atoms with Crippen LogP contribution in [0.5, 0.6) is 0 Å². The number of nitrogens with zero attached hydrogens (tertiary/aromatic N) is 1. The molecule has 0 aromatic rings. The summed E-state index contributed by atoms with van der Waals surface area (Å²) in [6.07, 6.45) is 1.82. The van der Waals surface area contributed by atoms with E-state index in [1.165, 1.54) is 4.31 Å². The van der Waals surface area contributed by atoms with E-state index in [9.17, 15) is 8.42 Å². The minimum atomic E-state index is -3.00. The summed E-state index contributed by atoms with van der Waals surface area (Å²) in [5, 5.41) is 0. The quantitative estimate of drug-likeness (QED) is 0.584. The van der Waals surface area contributed by atoms with Crippen molar-refractivity contribution < 1.29 is 13.2 Å². The molecule has 0 saturated carbocycles. The van der Waals surface area contributed by atoms with E-state index in [2.05, 4.69) is 0 Å². The largest absolute Gasteiger partial charge is 0.360 e. The highest BCUT2D eigenvalue weighted by Gasteiger charge is 2.56. The van der Waals surface area contributed by atoms with E-state index in [4.69, 9.17) is 4.74 Å². The molecule has 70 valence electrons. The second-order valence-electron chi connectivity index (χ2n) is 3.20. The van der Waals surface area contributed by atoms with E-state index in [0.717, 1.165) is 12.8 Å². The Morgan fingerprint density at radius 1 is 1.58 bits per heavy atom. The average Bonchev–Trinajstić information content (AvgIpc) is 2.78. The monoisotopic (exact) mass is 191 g/mol. The Bertz CT molecular complexity index is 262. The molecule has 0 radical (unpaired) electrons. The summed E-state index contributed by atoms with van der Waals surface area (Å²) in [5.41, 5.74) is 0. The number of fused-ring (bicyclic) bond motifs is 1. The molecule has 1 unspecified atom stereocenters. The highest BCUT2D eigenvalue weighted by Crippen LogP contribution is 2.39. The number of ether oxygens (including phenoxy) is 1. The maximum absolute atomic E-state index is 11.4. The molecule has 2 aliphatic rings. The Hall–Kier alpha value is -0.130. The lowest BCUT2D eigenvalue weighted by Crippen LogP contribution is -2.17. The number of sulfonamides is 1. The van der Waals surface area contributed by atoms with E-state index < -0.39 is 10.0 Å². The van der Waals surface area contributed by atoms with Gasteiger partial charge in [0.1, 0.15) is 6.23 Å². The van der Waals surface area contributed by atoms with Gasteiger partial charge < -0.3 is 4.74 Å². The van der Waals surface area contributed by atoms with Crippen molar-refractivity contribution in [1.29, 1.82) is 0 Å². The molecule has 0 aromatic heterocycles. The van der Waals surface area contributed by atoms with E-state index in [-0.39, 0.29) is 18.0 Å². The highest BCUT2D eigenvalue weighted by atomic mass is 32.2. The maximum Gasteiger partial charge on any atom is 0.216 e. The van der Waals surface area contributed by atoms with E-state index in [0.29, 0.717) is 6.61 Å². The standard InChI is InChI=1S/C7H13NO3S/c1-2-12(9,10)8-6-4-3-5-11-7(6)8/h6-7H,2-5H2,1H3/t6-,7-,8?/m1/s1. The molecule has 3 atom stereocenters. The predicted octanol–water partition coefficient (Wildman–Crippen LogP) is 0.157. The van der Waals surface area contributed by atoms with Gasteiger partial charge in [-0.25, -0.2) is 8.42 Å². The zero-order chi connectivity index (χ0) is 8.77. The lowest BCUT2D eigenvalue weighted by molar-refractivity contribution is 0.0787. The van der Waals surface area contributed by atoms with Crippen LogP contribution in [-0.2, 0) is 14.8 Å². The van der Waals surface area contributed by atoms with Gasteiger partial charge in [0.05, 0.1) is 11.8 Å². The first-order valence-corrected chi connectivity index (χ1v) is 5.90. The van der Waals surface area contributed by atoms with Gasteiger partial charge in [-0.1, -0.05) is 0 Å². The van der Waals surface area contributed by atoms with Crippen LogP contribution in [0.15, 0.2) is 0 Å². The first-order chi connectivity index (χ1) is 5.67. The topological polar surface area (TPSA) is 46.4 Å². The van der Waals surface area contributed by atoms with E-state index in [1.54, 1.807) is 6.92 Å². The number of hydrogen-bond acceptors (Lipinski definition) is 3. The smallest absolute Gasteiger partial charge is 0.216 e. The fourth-order valence-electron chi connectivity index (χ4n) is 1.70. The van der Waals surface area contributed by atoms with Gasteiger partial charge in [0.2, 0.25) is 10.0 Å². The van der Waals surface area contributed by atoms with Crippen LogP contribution in [0.25, 0.3) is 0 Å². The maximum atomic E-state index is 11.4. The van der Waals surface area contributed by atoms with Crippen LogP contribution >= 0.6 is 0 Å². The highest BCUT2D eigenvalue weighted by molar-refractivity contribution is 7.89. The second-order valence-corrected chi connectivity index (χ2v) is 5.36. The fourth-order valence-corrected chi connectivity index (χ4v) is 3.08. The molecule has 2 rings (SSSR count). The molecule has 0 bridgehead atoms. The Balaban J connectivity index is 2.10. The molecule has 0 N–H and O–H groups in total. The summed E-state index contributed by atoms with van der Waals surface area (Å²) in [6, 6.07) is 0.156. The summed E-state index contributed by atoms with van der Waals surface area (Å²) >= 11 is 0. The molecular weight excluding hydrogens is 178 g/mol. The summed E-state index contributed by atoms with van der Waals surface area (Å²) in [7, 11) is -3.00. The Kier molecular flexibility index (Phi) is 1.89. The predicted molar refractivity (Wildman–Crippen MR) is 44.1 cm³/mol. The molecule has 2 saturated heterocycles. The molecule has 2 aliphatic heterocycles. The molecule has 2 heterocycles. The third-order valence-electron chi connectivity index (χ3n) is 2.44. The molecule has 4 nitrogen and oxygen atoms in total. The third kappa shape index (κ3) is 1.16. The van der Waals surface area contributed by atoms with Crippen molar-refractivity contribution in [3.63, 3.8) is 0 Å². The van der Waals surface area contributed by atoms with Crippen molar-refractivity contribution in [2.24, 2.45) is 0 Å². The van der Waals surface area contributed by atoms with Gasteiger partial charge in [0, 0.05) is 6.61 Å². The van der Waals surface area contributed by atoms with Gasteiger partial charge in [-0.05, 0) is 19.8 Å². The summed E-state index contributed by atoms with van der Waals surface area (Å²) in [4.78, 5) is 0. The van der Waals surface area contributed by atoms with Crippen molar-refractivity contribution in [2.45, 2.75) is 32.0 Å². The Labute approximate surface area is 72.6 Å². The van der Waals surface area contributed by atoms with Gasteiger partial charge in [0.15, 0.2) is 0 Å². The Morgan fingerprint density at radius 2 is 2.33 bits per heavy atom. The molecular formula is C7H13NO3S. The lowest BCUT2D eigenvalue weighted by atomic mass is 10.2. The van der Waals surface area contributed by atoms with Crippen LogP contribution in [0.1, 0.15) is 19.8 Å². The van der Waals surface area contributed by atoms with Crippen molar-refractivity contribution in [1.82, 2.24) is 4.31 Å². The first-order valence-electron chi connectivity index (χ1n) is 4.29. The van der Waals surface area contributed by atoms with Crippen molar-refractivity contribution >= 4 is 10.0 Å². The molecule has 0 amide bonds. The van der Waals surface area contributed by atoms with E-state index in [1.807, 2.05) is 0 Å². The van der Waals surface area contributed by atoms with Gasteiger partial charge in [-0.15, -0.1) is 0 Å². The molecule has 0 spiro atoms. The van der Waals surface area contributed by atoms with Crippen LogP contribution in [-0.4, -0.2) is 37.4 Å². The zero-order valence-corrected chi connectivity index (χ0v) is 7.88. The normalized spacial score (nSPS) is 40.6. The van der Waals surface area contributed by atoms with Crippen LogP contribution in [0, 0.1) is 0 Å².